The van der Waals surface area contributed by atoms with E-state index in [9.17, 15) is 13.2 Å². The van der Waals surface area contributed by atoms with E-state index in [2.05, 4.69) is 0 Å². The zero-order valence-electron chi connectivity index (χ0n) is 9.50. The average molecular weight is 277 g/mol. The third kappa shape index (κ3) is 2.53. The van der Waals surface area contributed by atoms with Gasteiger partial charge < -0.3 is 19.8 Å². The lowest BCUT2D eigenvalue weighted by Crippen LogP contribution is -2.20. The summed E-state index contributed by atoms with van der Waals surface area (Å²) in [5.74, 6) is -1.58. The number of hydrogen-bond acceptors (Lipinski definition) is 6. The van der Waals surface area contributed by atoms with E-state index in [0.717, 1.165) is 17.0 Å². The van der Waals surface area contributed by atoms with E-state index in [1.807, 2.05) is 0 Å². The minimum absolute atomic E-state index is 0.0776. The molecule has 8 nitrogen and oxygen atoms in total. The van der Waals surface area contributed by atoms with Crippen LogP contribution in [0.4, 0.5) is 0 Å². The summed E-state index contributed by atoms with van der Waals surface area (Å²) < 4.78 is 32.5. The molecular weight excluding hydrogens is 266 g/mol. The van der Waals surface area contributed by atoms with Gasteiger partial charge in [0.15, 0.2) is 11.5 Å². The lowest BCUT2D eigenvalue weighted by molar-refractivity contribution is 0.0692. The zero-order chi connectivity index (χ0) is 13.9. The number of benzene rings is 1. The van der Waals surface area contributed by atoms with Crippen LogP contribution >= 0.6 is 0 Å². The molecule has 0 bridgehead atoms. The van der Waals surface area contributed by atoms with Crippen LogP contribution in [0.15, 0.2) is 17.0 Å². The lowest BCUT2D eigenvalue weighted by Gasteiger charge is -2.12. The Labute approximate surface area is 103 Å². The van der Waals surface area contributed by atoms with E-state index in [0.29, 0.717) is 0 Å². The van der Waals surface area contributed by atoms with Crippen LogP contribution in [0, 0.1) is 0 Å². The molecule has 1 aromatic rings. The van der Waals surface area contributed by atoms with Crippen molar-refractivity contribution < 1.29 is 33.0 Å². The first-order valence-electron chi connectivity index (χ1n) is 4.52. The molecule has 9 heteroatoms. The van der Waals surface area contributed by atoms with Crippen molar-refractivity contribution in [3.8, 4) is 11.5 Å². The number of rotatable bonds is 5. The van der Waals surface area contributed by atoms with E-state index >= 15 is 0 Å². The quantitative estimate of drug-likeness (QED) is 0.651. The summed E-state index contributed by atoms with van der Waals surface area (Å²) >= 11 is 0. The monoisotopic (exact) mass is 277 g/mol. The van der Waals surface area contributed by atoms with Crippen LogP contribution in [0.25, 0.3) is 0 Å². The predicted molar refractivity (Wildman–Crippen MR) is 58.6 cm³/mol. The van der Waals surface area contributed by atoms with Gasteiger partial charge in [0.1, 0.15) is 5.56 Å². The van der Waals surface area contributed by atoms with Gasteiger partial charge in [0.25, 0.3) is 10.0 Å². The van der Waals surface area contributed by atoms with Crippen LogP contribution in [0.5, 0.6) is 11.5 Å². The average Bonchev–Trinajstić information content (AvgIpc) is 2.36. The van der Waals surface area contributed by atoms with E-state index in [-0.39, 0.29) is 11.5 Å². The van der Waals surface area contributed by atoms with Gasteiger partial charge in [-0.3, -0.25) is 0 Å². The highest BCUT2D eigenvalue weighted by molar-refractivity contribution is 7.89. The van der Waals surface area contributed by atoms with Crippen LogP contribution in [-0.4, -0.2) is 38.9 Å². The number of carbonyl (C=O) groups is 1. The molecule has 0 aliphatic carbocycles. The molecule has 18 heavy (non-hydrogen) atoms. The molecule has 3 N–H and O–H groups in total. The number of carboxylic acid groups (broad SMARTS) is 1. The molecular formula is C9H11NO7S. The number of ether oxygens (including phenoxy) is 2. The van der Waals surface area contributed by atoms with Crippen molar-refractivity contribution in [3.05, 3.63) is 17.7 Å². The van der Waals surface area contributed by atoms with Gasteiger partial charge in [0, 0.05) is 6.07 Å². The molecule has 0 heterocycles. The standard InChI is InChI=1S/C9H11NO7S/c1-16-7-4-5(18(14,15)10-13)3-6(9(11)12)8(7)17-2/h3-4,10,13H,1-2H3,(H,11,12). The van der Waals surface area contributed by atoms with E-state index in [1.54, 1.807) is 0 Å². The highest BCUT2D eigenvalue weighted by Crippen LogP contribution is 2.34. The van der Waals surface area contributed by atoms with Gasteiger partial charge in [-0.15, -0.1) is 0 Å². The molecule has 0 spiro atoms. The summed E-state index contributed by atoms with van der Waals surface area (Å²) in [5, 5.41) is 17.5. The number of aromatic carboxylic acids is 1. The Hall–Kier alpha value is -1.84. The molecule has 0 saturated heterocycles. The lowest BCUT2D eigenvalue weighted by atomic mass is 10.2. The smallest absolute Gasteiger partial charge is 0.339 e. The summed E-state index contributed by atoms with van der Waals surface area (Å²) in [6.45, 7) is 0. The molecule has 0 unspecified atom stereocenters. The Morgan fingerprint density at radius 3 is 2.28 bits per heavy atom. The Morgan fingerprint density at radius 2 is 1.89 bits per heavy atom. The molecule has 0 aliphatic heterocycles. The van der Waals surface area contributed by atoms with Crippen LogP contribution in [-0.2, 0) is 10.0 Å². The van der Waals surface area contributed by atoms with Gasteiger partial charge >= 0.3 is 5.97 Å². The van der Waals surface area contributed by atoms with Crippen LogP contribution in [0.2, 0.25) is 0 Å². The SMILES string of the molecule is COc1cc(S(=O)(=O)NO)cc(C(=O)O)c1OC. The summed E-state index contributed by atoms with van der Waals surface area (Å²) in [4.78, 5) is 11.6. The zero-order valence-corrected chi connectivity index (χ0v) is 10.3. The largest absolute Gasteiger partial charge is 0.493 e. The van der Waals surface area contributed by atoms with Crippen molar-refractivity contribution in [2.24, 2.45) is 0 Å². The minimum atomic E-state index is -4.21. The van der Waals surface area contributed by atoms with Crippen molar-refractivity contribution in [2.45, 2.75) is 4.90 Å². The minimum Gasteiger partial charge on any atom is -0.493 e. The van der Waals surface area contributed by atoms with Crippen LogP contribution in [0.1, 0.15) is 10.4 Å². The molecule has 100 valence electrons. The predicted octanol–water partition coefficient (Wildman–Crippen LogP) is 0.0695. The Balaban J connectivity index is 3.61. The second-order valence-corrected chi connectivity index (χ2v) is 4.77. The number of nitrogens with one attached hydrogen (secondary N) is 1. The molecule has 1 aromatic carbocycles. The summed E-state index contributed by atoms with van der Waals surface area (Å²) in [6, 6.07) is 1.88. The Bertz CT molecular complexity index is 567. The van der Waals surface area contributed by atoms with Gasteiger partial charge in [-0.25, -0.2) is 13.2 Å². The molecule has 1 rings (SSSR count). The maximum atomic E-state index is 11.4. The number of carboxylic acids is 1. The fourth-order valence-corrected chi connectivity index (χ4v) is 1.95. The molecule has 0 saturated carbocycles. The molecule has 0 aromatic heterocycles. The van der Waals surface area contributed by atoms with Crippen LogP contribution in [0.3, 0.4) is 0 Å². The Kier molecular flexibility index (Phi) is 4.11. The fraction of sp³-hybridized carbons (Fsp3) is 0.222. The first kappa shape index (κ1) is 14.2. The third-order valence-corrected chi connectivity index (χ3v) is 3.21. The van der Waals surface area contributed by atoms with Gasteiger partial charge in [-0.05, 0) is 6.07 Å². The number of hydrogen-bond donors (Lipinski definition) is 3. The normalized spacial score (nSPS) is 11.1. The molecule has 0 aliphatic rings. The fourth-order valence-electron chi connectivity index (χ4n) is 1.31. The summed E-state index contributed by atoms with van der Waals surface area (Å²) in [6.07, 6.45) is 0. The van der Waals surface area contributed by atoms with Gasteiger partial charge in [0.05, 0.1) is 19.1 Å². The maximum absolute atomic E-state index is 11.4. The van der Waals surface area contributed by atoms with E-state index < -0.39 is 26.5 Å². The first-order valence-corrected chi connectivity index (χ1v) is 6.01. The van der Waals surface area contributed by atoms with Crippen molar-refractivity contribution in [3.63, 3.8) is 0 Å². The van der Waals surface area contributed by atoms with Crippen molar-refractivity contribution in [2.75, 3.05) is 14.2 Å². The second kappa shape index (κ2) is 5.21. The van der Waals surface area contributed by atoms with Crippen molar-refractivity contribution in [1.82, 2.24) is 4.89 Å². The third-order valence-electron chi connectivity index (χ3n) is 2.11. The maximum Gasteiger partial charge on any atom is 0.339 e. The molecule has 0 radical (unpaired) electrons. The van der Waals surface area contributed by atoms with Gasteiger partial charge in [-0.1, -0.05) is 4.89 Å². The molecule has 0 atom stereocenters. The van der Waals surface area contributed by atoms with Gasteiger partial charge in [-0.2, -0.15) is 0 Å². The van der Waals surface area contributed by atoms with E-state index in [1.165, 1.54) is 14.2 Å². The highest BCUT2D eigenvalue weighted by atomic mass is 32.2. The number of methoxy groups -OCH3 is 2. The topological polar surface area (TPSA) is 122 Å². The van der Waals surface area contributed by atoms with E-state index in [4.69, 9.17) is 19.8 Å². The summed E-state index contributed by atoms with van der Waals surface area (Å²) in [7, 11) is -1.75. The van der Waals surface area contributed by atoms with Crippen molar-refractivity contribution >= 4 is 16.0 Å². The van der Waals surface area contributed by atoms with Crippen molar-refractivity contribution in [1.29, 1.82) is 0 Å². The second-order valence-electron chi connectivity index (χ2n) is 3.11. The molecule has 0 amide bonds. The number of sulfonamides is 1. The first-order chi connectivity index (χ1) is 8.37. The Morgan fingerprint density at radius 1 is 1.28 bits per heavy atom. The highest BCUT2D eigenvalue weighted by Gasteiger charge is 2.23. The summed E-state index contributed by atoms with van der Waals surface area (Å²) in [5.41, 5.74) is -0.398. The van der Waals surface area contributed by atoms with Crippen LogP contribution < -0.4 is 14.4 Å². The van der Waals surface area contributed by atoms with Gasteiger partial charge in [0.2, 0.25) is 0 Å². The molecule has 0 fully saturated rings.